The van der Waals surface area contributed by atoms with Crippen LogP contribution in [-0.2, 0) is 14.3 Å². The van der Waals surface area contributed by atoms with Gasteiger partial charge in [0.05, 0.1) is 6.61 Å². The third kappa shape index (κ3) is 31.1. The minimum atomic E-state index is -0.833. The van der Waals surface area contributed by atoms with Crippen LogP contribution in [0, 0.1) is 0 Å². The van der Waals surface area contributed by atoms with Gasteiger partial charge in [-0.2, -0.15) is 9.90 Å². The van der Waals surface area contributed by atoms with Gasteiger partial charge in [-0.15, -0.1) is 0 Å². The zero-order valence-electron chi connectivity index (χ0n) is 18.6. The highest BCUT2D eigenvalue weighted by Crippen LogP contribution is 2.04. The van der Waals surface area contributed by atoms with Crippen molar-refractivity contribution in [2.75, 3.05) is 6.61 Å². The number of aliphatic carboxylic acids is 1. The molecule has 7 nitrogen and oxygen atoms in total. The number of para-hydroxylation sites is 3. The molecule has 1 atom stereocenters. The van der Waals surface area contributed by atoms with Crippen molar-refractivity contribution in [3.8, 4) is 17.2 Å². The van der Waals surface area contributed by atoms with E-state index in [0.29, 0.717) is 23.9 Å². The summed E-state index contributed by atoms with van der Waals surface area (Å²) in [6.45, 7) is 4.74. The Labute approximate surface area is 192 Å². The number of ether oxygens (including phenoxy) is 1. The first-order valence-electron chi connectivity index (χ1n) is 9.23. The Morgan fingerprint density at radius 2 is 0.875 bits per heavy atom. The average Bonchev–Trinajstić information content (AvgIpc) is 2.71. The van der Waals surface area contributed by atoms with Crippen molar-refractivity contribution < 1.29 is 34.8 Å². The summed E-state index contributed by atoms with van der Waals surface area (Å²) in [5, 5.41) is 33.3. The van der Waals surface area contributed by atoms with Crippen LogP contribution in [0.2, 0.25) is 0 Å². The van der Waals surface area contributed by atoms with E-state index in [9.17, 15) is 4.79 Å². The number of hydrogen-bond donors (Lipinski definition) is 4. The number of carboxylic acid groups (broad SMARTS) is 1. The molecule has 3 rings (SSSR count). The van der Waals surface area contributed by atoms with Crippen LogP contribution in [-0.4, -0.2) is 39.0 Å². The van der Waals surface area contributed by atoms with Crippen LogP contribution in [0.1, 0.15) is 20.8 Å². The maximum Gasteiger partial charge on any atom is 0.302 e. The summed E-state index contributed by atoms with van der Waals surface area (Å²) in [4.78, 5) is 18.8. The molecule has 4 N–H and O–H groups in total. The van der Waals surface area contributed by atoms with Gasteiger partial charge in [-0.25, -0.2) is 0 Å². The molecular weight excluding hydrogens is 431 g/mol. The zero-order valence-corrected chi connectivity index (χ0v) is 20.0. The molecule has 0 fully saturated rings. The molecule has 176 valence electrons. The summed E-state index contributed by atoms with van der Waals surface area (Å²) in [5.74, 6) is -0.0787. The lowest BCUT2D eigenvalue weighted by atomic mass is 10.3. The molecule has 32 heavy (non-hydrogen) atoms. The fraction of sp³-hybridized carbons (Fsp3) is 0.167. The Bertz CT molecular complexity index is 705. The van der Waals surface area contributed by atoms with Crippen molar-refractivity contribution in [3.63, 3.8) is 0 Å². The van der Waals surface area contributed by atoms with Crippen molar-refractivity contribution in [1.82, 2.24) is 0 Å². The van der Waals surface area contributed by atoms with Crippen molar-refractivity contribution in [3.05, 3.63) is 91.0 Å². The number of phenolic OH excluding ortho intramolecular Hbond substituents is 3. The second kappa shape index (κ2) is 23.7. The molecule has 0 amide bonds. The highest BCUT2D eigenvalue weighted by molar-refractivity contribution is 6.92. The smallest absolute Gasteiger partial charge is 0.302 e. The Morgan fingerprint density at radius 3 is 0.938 bits per heavy atom. The lowest BCUT2D eigenvalue weighted by Gasteiger charge is -1.89. The summed E-state index contributed by atoms with van der Waals surface area (Å²) in [6, 6.07) is 26.1. The van der Waals surface area contributed by atoms with Gasteiger partial charge in [0.2, 0.25) is 0 Å². The molecule has 1 unspecified atom stereocenters. The molecule has 0 saturated carbocycles. The maximum absolute atomic E-state index is 9.82. The summed E-state index contributed by atoms with van der Waals surface area (Å²) in [5.41, 5.74) is 0. The van der Waals surface area contributed by atoms with E-state index in [1.54, 1.807) is 79.7 Å². The lowest BCUT2D eigenvalue weighted by molar-refractivity contribution is -0.140. The number of benzene rings is 3. The van der Waals surface area contributed by atoms with Gasteiger partial charge in [0.15, 0.2) is 0 Å². The largest absolute Gasteiger partial charge is 0.508 e. The van der Waals surface area contributed by atoms with E-state index in [1.165, 1.54) is 6.92 Å². The number of esters is 1. The quantitative estimate of drug-likeness (QED) is 0.298. The van der Waals surface area contributed by atoms with Gasteiger partial charge >= 0.3 is 5.97 Å². The normalized spacial score (nSPS) is 7.84. The molecular formula is C24H33O7P. The molecule has 0 radical (unpaired) electrons. The minimum Gasteiger partial charge on any atom is -0.508 e. The van der Waals surface area contributed by atoms with Crippen molar-refractivity contribution in [2.24, 2.45) is 0 Å². The first kappa shape index (κ1) is 33.1. The van der Waals surface area contributed by atoms with Crippen molar-refractivity contribution >= 4 is 21.8 Å². The number of rotatable bonds is 1. The van der Waals surface area contributed by atoms with Gasteiger partial charge in [0.1, 0.15) is 17.2 Å². The number of phenols is 3. The molecule has 0 aliphatic carbocycles. The first-order chi connectivity index (χ1) is 14.7. The highest BCUT2D eigenvalue weighted by atomic mass is 31.0. The molecule has 0 aliphatic rings. The fourth-order valence-electron chi connectivity index (χ4n) is 1.49. The molecule has 0 heterocycles. The Balaban J connectivity index is -0.000000330. The summed E-state index contributed by atoms with van der Waals surface area (Å²) >= 11 is 0. The second-order valence-corrected chi connectivity index (χ2v) is 5.45. The van der Waals surface area contributed by atoms with E-state index in [-0.39, 0.29) is 15.9 Å². The Kier molecular flexibility index (Phi) is 24.5. The van der Waals surface area contributed by atoms with Crippen LogP contribution in [0.5, 0.6) is 17.2 Å². The number of carbonyl (C=O) groups is 2. The molecule has 3 aromatic rings. The van der Waals surface area contributed by atoms with E-state index in [2.05, 4.69) is 4.74 Å². The number of aromatic hydroxyl groups is 3. The third-order valence-electron chi connectivity index (χ3n) is 2.62. The number of hydrogen-bond acceptors (Lipinski definition) is 6. The van der Waals surface area contributed by atoms with Crippen molar-refractivity contribution in [2.45, 2.75) is 20.8 Å². The van der Waals surface area contributed by atoms with Gasteiger partial charge < -0.3 is 25.2 Å². The third-order valence-corrected chi connectivity index (χ3v) is 2.62. The Hall–Kier alpha value is -3.57. The summed E-state index contributed by atoms with van der Waals surface area (Å²) in [7, 11) is 0. The number of carbonyl (C=O) groups excluding carboxylic acids is 1. The van der Waals surface area contributed by atoms with Crippen LogP contribution in [0.4, 0.5) is 0 Å². The van der Waals surface area contributed by atoms with E-state index in [4.69, 9.17) is 25.2 Å². The maximum atomic E-state index is 9.82. The van der Waals surface area contributed by atoms with E-state index in [1.807, 2.05) is 18.2 Å². The summed E-state index contributed by atoms with van der Waals surface area (Å²) in [6.07, 6.45) is 0. The van der Waals surface area contributed by atoms with E-state index in [0.717, 1.165) is 6.92 Å². The highest BCUT2D eigenvalue weighted by Gasteiger charge is 1.81. The monoisotopic (exact) mass is 464 g/mol. The molecule has 0 bridgehead atoms. The van der Waals surface area contributed by atoms with Crippen LogP contribution in [0.15, 0.2) is 91.0 Å². The van der Waals surface area contributed by atoms with Gasteiger partial charge in [0.25, 0.3) is 5.97 Å². The number of carboxylic acids is 1. The van der Waals surface area contributed by atoms with E-state index < -0.39 is 5.97 Å². The lowest BCUT2D eigenvalue weighted by Crippen LogP contribution is -1.95. The average molecular weight is 464 g/mol. The molecule has 0 aromatic heterocycles. The van der Waals surface area contributed by atoms with Crippen molar-refractivity contribution in [1.29, 1.82) is 0 Å². The minimum absolute atomic E-state index is 0. The first-order valence-corrected chi connectivity index (χ1v) is 9.23. The van der Waals surface area contributed by atoms with Crippen LogP contribution >= 0.6 is 9.90 Å². The van der Waals surface area contributed by atoms with Crippen LogP contribution in [0.25, 0.3) is 0 Å². The SMILES string of the molecule is CC(=O)O.CCOC(C)=O.Oc1ccccc1.Oc1ccccc1.Oc1ccccc1.P. The molecule has 3 aromatic carbocycles. The van der Waals surface area contributed by atoms with Gasteiger partial charge in [0, 0.05) is 13.8 Å². The predicted octanol–water partition coefficient (Wildman–Crippen LogP) is 4.90. The van der Waals surface area contributed by atoms with Gasteiger partial charge in [-0.3, -0.25) is 9.59 Å². The fourth-order valence-corrected chi connectivity index (χ4v) is 1.49. The summed E-state index contributed by atoms with van der Waals surface area (Å²) < 4.78 is 4.40. The topological polar surface area (TPSA) is 124 Å². The van der Waals surface area contributed by atoms with E-state index >= 15 is 0 Å². The molecule has 8 heteroatoms. The molecule has 0 saturated heterocycles. The standard InChI is InChI=1S/3C6H6O.C4H8O2.C2H4O2.H3P/c3*7-6-4-2-1-3-5-6;1-3-6-4(2)5;1-2(3)4;/h3*1-5,7H;3H2,1-2H3;1H3,(H,3,4);1H3. The van der Waals surface area contributed by atoms with Gasteiger partial charge in [-0.1, -0.05) is 54.6 Å². The zero-order chi connectivity index (χ0) is 23.9. The Morgan fingerprint density at radius 1 is 0.656 bits per heavy atom. The van der Waals surface area contributed by atoms with Crippen LogP contribution in [0.3, 0.4) is 0 Å². The second-order valence-electron chi connectivity index (χ2n) is 5.45. The van der Waals surface area contributed by atoms with Gasteiger partial charge in [-0.05, 0) is 43.3 Å². The molecule has 0 spiro atoms. The molecule has 0 aliphatic heterocycles. The predicted molar refractivity (Wildman–Crippen MR) is 131 cm³/mol. The van der Waals surface area contributed by atoms with Crippen LogP contribution < -0.4 is 0 Å².